The number of pyridine rings is 1. The van der Waals surface area contributed by atoms with Crippen molar-refractivity contribution in [2.75, 3.05) is 26.2 Å². The second-order valence-corrected chi connectivity index (χ2v) is 7.97. The van der Waals surface area contributed by atoms with Crippen molar-refractivity contribution >= 4 is 28.4 Å². The summed E-state index contributed by atoms with van der Waals surface area (Å²) in [6.45, 7) is 2.99. The second kappa shape index (κ2) is 7.60. The first-order valence-electron chi connectivity index (χ1n) is 9.92. The number of halogens is 1. The van der Waals surface area contributed by atoms with E-state index in [1.807, 2.05) is 29.2 Å². The molecule has 7 heteroatoms. The molecule has 1 amide bonds. The molecule has 1 atom stereocenters. The fraction of sp³-hybridized carbons (Fsp3) is 0.261. The van der Waals surface area contributed by atoms with Gasteiger partial charge in [-0.2, -0.15) is 5.26 Å². The lowest BCUT2D eigenvalue weighted by Gasteiger charge is -2.29. The Balaban J connectivity index is 1.55. The molecule has 1 saturated heterocycles. The lowest BCUT2D eigenvalue weighted by atomic mass is 9.97. The van der Waals surface area contributed by atoms with E-state index in [0.29, 0.717) is 35.8 Å². The van der Waals surface area contributed by atoms with Gasteiger partial charge in [0.2, 0.25) is 0 Å². The Kier molecular flexibility index (Phi) is 4.78. The molecule has 3 heterocycles. The summed E-state index contributed by atoms with van der Waals surface area (Å²) in [6, 6.07) is 13.2. The number of nitrogens with one attached hydrogen (secondary N) is 1. The van der Waals surface area contributed by atoms with Crippen molar-refractivity contribution in [3.8, 4) is 22.9 Å². The van der Waals surface area contributed by atoms with Crippen LogP contribution in [0.15, 0.2) is 42.6 Å². The summed E-state index contributed by atoms with van der Waals surface area (Å²) in [7, 11) is 0. The molecule has 30 heavy (non-hydrogen) atoms. The van der Waals surface area contributed by atoms with Crippen LogP contribution in [0.4, 0.5) is 0 Å². The van der Waals surface area contributed by atoms with Crippen LogP contribution in [0.3, 0.4) is 0 Å². The normalized spacial score (nSPS) is 18.0. The number of aromatic nitrogens is 1. The zero-order chi connectivity index (χ0) is 20.7. The molecule has 1 N–H and O–H groups in total. The standard InChI is InChI=1S/C23H19ClN4O2/c24-16-10-15-11-21(23(29)28-7-5-26-6-8-28)30-22(15)19(12-16)17-3-4-27-20-9-14(13-25)1-2-18(17)20/h1-4,9-10,12,21,26H,5-8,11H2. The maximum absolute atomic E-state index is 13.0. The summed E-state index contributed by atoms with van der Waals surface area (Å²) < 4.78 is 6.21. The summed E-state index contributed by atoms with van der Waals surface area (Å²) in [6.07, 6.45) is 1.69. The summed E-state index contributed by atoms with van der Waals surface area (Å²) in [5.41, 5.74) is 3.97. The molecule has 2 aliphatic heterocycles. The first kappa shape index (κ1) is 18.9. The highest BCUT2D eigenvalue weighted by Crippen LogP contribution is 2.43. The minimum absolute atomic E-state index is 0.0213. The number of ether oxygens (including phenoxy) is 1. The number of nitrogens with zero attached hydrogens (tertiary/aromatic N) is 3. The van der Waals surface area contributed by atoms with Crippen LogP contribution in [0, 0.1) is 11.3 Å². The average Bonchev–Trinajstić information content (AvgIpc) is 3.21. The Morgan fingerprint density at radius 3 is 2.83 bits per heavy atom. The van der Waals surface area contributed by atoms with Gasteiger partial charge >= 0.3 is 0 Å². The lowest BCUT2D eigenvalue weighted by molar-refractivity contribution is -0.138. The molecule has 3 aromatic rings. The van der Waals surface area contributed by atoms with Crippen LogP contribution in [-0.4, -0.2) is 48.1 Å². The minimum Gasteiger partial charge on any atom is -0.479 e. The molecule has 2 aromatic carbocycles. The van der Waals surface area contributed by atoms with E-state index < -0.39 is 6.10 Å². The number of carbonyl (C=O) groups is 1. The molecule has 6 nitrogen and oxygen atoms in total. The van der Waals surface area contributed by atoms with E-state index in [0.717, 1.165) is 40.7 Å². The van der Waals surface area contributed by atoms with Gasteiger partial charge in [-0.3, -0.25) is 9.78 Å². The van der Waals surface area contributed by atoms with Gasteiger partial charge in [-0.15, -0.1) is 0 Å². The van der Waals surface area contributed by atoms with Gasteiger partial charge in [-0.05, 0) is 35.9 Å². The zero-order valence-corrected chi connectivity index (χ0v) is 16.9. The van der Waals surface area contributed by atoms with E-state index in [4.69, 9.17) is 16.3 Å². The van der Waals surface area contributed by atoms with Crippen LogP contribution in [-0.2, 0) is 11.2 Å². The molecule has 1 unspecified atom stereocenters. The molecule has 0 bridgehead atoms. The van der Waals surface area contributed by atoms with Gasteiger partial charge < -0.3 is 15.0 Å². The van der Waals surface area contributed by atoms with Crippen molar-refractivity contribution < 1.29 is 9.53 Å². The Morgan fingerprint density at radius 1 is 1.20 bits per heavy atom. The largest absolute Gasteiger partial charge is 0.479 e. The topological polar surface area (TPSA) is 78.2 Å². The second-order valence-electron chi connectivity index (χ2n) is 7.53. The van der Waals surface area contributed by atoms with Gasteiger partial charge in [0.15, 0.2) is 6.10 Å². The van der Waals surface area contributed by atoms with Gasteiger partial charge in [0.05, 0.1) is 17.1 Å². The molecular weight excluding hydrogens is 400 g/mol. The molecule has 0 saturated carbocycles. The van der Waals surface area contributed by atoms with Crippen molar-refractivity contribution in [2.45, 2.75) is 12.5 Å². The molecule has 1 fully saturated rings. The highest BCUT2D eigenvalue weighted by Gasteiger charge is 2.35. The Bertz CT molecular complexity index is 1200. The molecule has 1 aromatic heterocycles. The van der Waals surface area contributed by atoms with Gasteiger partial charge in [0.25, 0.3) is 5.91 Å². The molecule has 5 rings (SSSR count). The van der Waals surface area contributed by atoms with Gasteiger partial charge in [0.1, 0.15) is 5.75 Å². The van der Waals surface area contributed by atoms with Crippen LogP contribution < -0.4 is 10.1 Å². The van der Waals surface area contributed by atoms with Gasteiger partial charge in [-0.25, -0.2) is 0 Å². The zero-order valence-electron chi connectivity index (χ0n) is 16.2. The Labute approximate surface area is 179 Å². The van der Waals surface area contributed by atoms with Gasteiger partial charge in [-0.1, -0.05) is 17.7 Å². The number of fused-ring (bicyclic) bond motifs is 2. The Morgan fingerprint density at radius 2 is 2.03 bits per heavy atom. The van der Waals surface area contributed by atoms with E-state index in [9.17, 15) is 10.1 Å². The van der Waals surface area contributed by atoms with Crippen LogP contribution in [0.2, 0.25) is 5.02 Å². The molecule has 150 valence electrons. The predicted molar refractivity (Wildman–Crippen MR) is 114 cm³/mol. The van der Waals surface area contributed by atoms with Crippen molar-refractivity contribution in [2.24, 2.45) is 0 Å². The number of carbonyl (C=O) groups excluding carboxylic acids is 1. The van der Waals surface area contributed by atoms with Crippen LogP contribution in [0.25, 0.3) is 22.0 Å². The predicted octanol–water partition coefficient (Wildman–Crippen LogP) is 3.16. The van der Waals surface area contributed by atoms with Crippen molar-refractivity contribution in [3.05, 3.63) is 58.7 Å². The third kappa shape index (κ3) is 3.26. The fourth-order valence-corrected chi connectivity index (χ4v) is 4.44. The quantitative estimate of drug-likeness (QED) is 0.691. The first-order valence-corrected chi connectivity index (χ1v) is 10.3. The highest BCUT2D eigenvalue weighted by molar-refractivity contribution is 6.31. The van der Waals surface area contributed by atoms with Crippen LogP contribution in [0.5, 0.6) is 5.75 Å². The minimum atomic E-state index is -0.534. The molecule has 2 aliphatic rings. The average molecular weight is 419 g/mol. The van der Waals surface area contributed by atoms with Crippen LogP contribution >= 0.6 is 11.6 Å². The summed E-state index contributed by atoms with van der Waals surface area (Å²) in [5, 5.41) is 13.9. The molecule has 0 spiro atoms. The maximum atomic E-state index is 13.0. The van der Waals surface area contributed by atoms with Crippen molar-refractivity contribution in [1.29, 1.82) is 5.26 Å². The van der Waals surface area contributed by atoms with Crippen molar-refractivity contribution in [3.63, 3.8) is 0 Å². The number of piperazine rings is 1. The summed E-state index contributed by atoms with van der Waals surface area (Å²) >= 11 is 6.44. The van der Waals surface area contributed by atoms with E-state index in [-0.39, 0.29) is 5.91 Å². The Hall–Kier alpha value is -3.14. The van der Waals surface area contributed by atoms with E-state index >= 15 is 0 Å². The fourth-order valence-electron chi connectivity index (χ4n) is 4.20. The van der Waals surface area contributed by atoms with E-state index in [1.165, 1.54) is 0 Å². The number of hydrogen-bond donors (Lipinski definition) is 1. The monoisotopic (exact) mass is 418 g/mol. The summed E-state index contributed by atoms with van der Waals surface area (Å²) in [5.74, 6) is 0.720. The van der Waals surface area contributed by atoms with Crippen LogP contribution in [0.1, 0.15) is 11.1 Å². The molecule has 0 radical (unpaired) electrons. The third-order valence-corrected chi connectivity index (χ3v) is 5.88. The number of hydrogen-bond acceptors (Lipinski definition) is 5. The molecular formula is C23H19ClN4O2. The lowest BCUT2D eigenvalue weighted by Crippen LogP contribution is -2.50. The maximum Gasteiger partial charge on any atom is 0.264 e. The highest BCUT2D eigenvalue weighted by atomic mass is 35.5. The first-order chi connectivity index (χ1) is 14.6. The smallest absolute Gasteiger partial charge is 0.264 e. The summed E-state index contributed by atoms with van der Waals surface area (Å²) in [4.78, 5) is 19.2. The number of rotatable bonds is 2. The van der Waals surface area contributed by atoms with Gasteiger partial charge in [0, 0.05) is 60.3 Å². The number of benzene rings is 2. The number of nitriles is 1. The molecule has 0 aliphatic carbocycles. The number of amides is 1. The van der Waals surface area contributed by atoms with E-state index in [2.05, 4.69) is 16.4 Å². The van der Waals surface area contributed by atoms with Crippen molar-refractivity contribution in [1.82, 2.24) is 15.2 Å². The third-order valence-electron chi connectivity index (χ3n) is 5.66. The van der Waals surface area contributed by atoms with E-state index in [1.54, 1.807) is 18.3 Å². The SMILES string of the molecule is N#Cc1ccc2c(-c3cc(Cl)cc4c3OC(C(=O)N3CCNCC3)C4)ccnc2c1.